The second kappa shape index (κ2) is 4.29. The van der Waals surface area contributed by atoms with Crippen molar-refractivity contribution in [2.24, 2.45) is 0 Å². The molecule has 0 aromatic heterocycles. The summed E-state index contributed by atoms with van der Waals surface area (Å²) in [6.07, 6.45) is 0. The molecule has 0 fully saturated rings. The van der Waals surface area contributed by atoms with Crippen LogP contribution in [0.25, 0.3) is 0 Å². The number of benzene rings is 2. The van der Waals surface area contributed by atoms with Crippen LogP contribution in [0.3, 0.4) is 0 Å². The lowest BCUT2D eigenvalue weighted by Gasteiger charge is -2.36. The van der Waals surface area contributed by atoms with E-state index < -0.39 is 9.43 Å². The van der Waals surface area contributed by atoms with Crippen molar-refractivity contribution < 1.29 is 4.79 Å². The lowest BCUT2D eigenvalue weighted by molar-refractivity contribution is 0.0896. The first-order valence-electron chi connectivity index (χ1n) is 6.02. The lowest BCUT2D eigenvalue weighted by atomic mass is 10.2. The summed E-state index contributed by atoms with van der Waals surface area (Å²) in [5, 5.41) is 0. The molecule has 2 aromatic carbocycles. The molecule has 0 N–H and O–H groups in total. The fourth-order valence-corrected chi connectivity index (χ4v) is 5.61. The van der Waals surface area contributed by atoms with Crippen LogP contribution in [0.15, 0.2) is 58.3 Å². The smallest absolute Gasteiger partial charge is 0.264 e. The van der Waals surface area contributed by atoms with E-state index in [9.17, 15) is 4.79 Å². The number of carbonyl (C=O) groups excluding carboxylic acids is 1. The van der Waals surface area contributed by atoms with Gasteiger partial charge in [-0.2, -0.15) is 0 Å². The van der Waals surface area contributed by atoms with Crippen molar-refractivity contribution in [2.75, 3.05) is 7.05 Å². The van der Waals surface area contributed by atoms with Crippen molar-refractivity contribution >= 4 is 26.0 Å². The Kier molecular flexibility index (Phi) is 2.84. The second-order valence-corrected chi connectivity index (χ2v) is 8.43. The van der Waals surface area contributed by atoms with Gasteiger partial charge in [0.2, 0.25) is 0 Å². The number of fused-ring (bicyclic) bond motifs is 1. The molecule has 1 unspecified atom stereocenters. The van der Waals surface area contributed by atoms with Gasteiger partial charge in [-0.15, -0.1) is 0 Å². The molecule has 2 aromatic rings. The molecule has 0 saturated carbocycles. The number of carbonyl (C=O) groups is 1. The predicted octanol–water partition coefficient (Wildman–Crippen LogP) is 4.37. The van der Waals surface area contributed by atoms with Crippen molar-refractivity contribution in [1.29, 1.82) is 0 Å². The first kappa shape index (κ1) is 12.6. The van der Waals surface area contributed by atoms with Gasteiger partial charge in [0.25, 0.3) is 5.91 Å². The van der Waals surface area contributed by atoms with Crippen LogP contribution in [0.4, 0.5) is 0 Å². The molecule has 0 saturated heterocycles. The van der Waals surface area contributed by atoms with Crippen LogP contribution < -0.4 is 0 Å². The topological polar surface area (TPSA) is 20.3 Å². The molecule has 1 atom stereocenters. The molecule has 0 bridgehead atoms. The van der Waals surface area contributed by atoms with Crippen molar-refractivity contribution in [3.8, 4) is 0 Å². The standard InChI is InChI=1S/C15H14ClNOS/c1-11-7-9-12(10-8-11)19(16)14-6-4-3-5-13(14)15(18)17(19)2/h3-10H,1-2H3. The van der Waals surface area contributed by atoms with E-state index in [1.165, 1.54) is 5.56 Å². The van der Waals surface area contributed by atoms with Gasteiger partial charge in [0.15, 0.2) is 0 Å². The van der Waals surface area contributed by atoms with E-state index in [2.05, 4.69) is 0 Å². The zero-order valence-corrected chi connectivity index (χ0v) is 12.3. The molecule has 0 spiro atoms. The van der Waals surface area contributed by atoms with Crippen molar-refractivity contribution in [3.63, 3.8) is 0 Å². The van der Waals surface area contributed by atoms with Gasteiger partial charge in [0, 0.05) is 16.8 Å². The third kappa shape index (κ3) is 1.69. The zero-order valence-electron chi connectivity index (χ0n) is 10.8. The summed E-state index contributed by atoms with van der Waals surface area (Å²) in [6, 6.07) is 15.7. The zero-order chi connectivity index (χ0) is 13.6. The summed E-state index contributed by atoms with van der Waals surface area (Å²) in [6.45, 7) is 2.04. The third-order valence-electron chi connectivity index (χ3n) is 3.41. The minimum absolute atomic E-state index is 0.00109. The summed E-state index contributed by atoms with van der Waals surface area (Å²) < 4.78 is 1.68. The highest BCUT2D eigenvalue weighted by molar-refractivity contribution is 8.50. The average molecular weight is 292 g/mol. The highest BCUT2D eigenvalue weighted by atomic mass is 35.7. The maximum atomic E-state index is 12.3. The average Bonchev–Trinajstić information content (AvgIpc) is 2.63. The van der Waals surface area contributed by atoms with Gasteiger partial charge in [0.1, 0.15) is 0 Å². The van der Waals surface area contributed by atoms with Crippen LogP contribution in [0.1, 0.15) is 15.9 Å². The minimum atomic E-state index is -1.93. The number of hydrogen-bond donors (Lipinski definition) is 0. The van der Waals surface area contributed by atoms with Gasteiger partial charge >= 0.3 is 0 Å². The van der Waals surface area contributed by atoms with Gasteiger partial charge in [-0.25, -0.2) is 0 Å². The molecule has 1 aliphatic heterocycles. The molecular weight excluding hydrogens is 278 g/mol. The highest BCUT2D eigenvalue weighted by Crippen LogP contribution is 2.72. The van der Waals surface area contributed by atoms with Crippen LogP contribution in [-0.4, -0.2) is 17.3 Å². The Bertz CT molecular complexity index is 655. The molecule has 0 aliphatic carbocycles. The van der Waals surface area contributed by atoms with Crippen molar-refractivity contribution in [2.45, 2.75) is 16.7 Å². The second-order valence-electron chi connectivity index (χ2n) is 4.62. The fraction of sp³-hybridized carbons (Fsp3) is 0.133. The fourth-order valence-electron chi connectivity index (χ4n) is 2.31. The Morgan fingerprint density at radius 2 is 1.68 bits per heavy atom. The molecule has 1 heterocycles. The van der Waals surface area contributed by atoms with Crippen molar-refractivity contribution in [1.82, 2.24) is 4.31 Å². The maximum absolute atomic E-state index is 12.3. The number of nitrogens with zero attached hydrogens (tertiary/aromatic N) is 1. The van der Waals surface area contributed by atoms with Crippen LogP contribution in [-0.2, 0) is 0 Å². The van der Waals surface area contributed by atoms with E-state index in [1.54, 1.807) is 11.4 Å². The Morgan fingerprint density at radius 3 is 2.37 bits per heavy atom. The number of rotatable bonds is 1. The monoisotopic (exact) mass is 291 g/mol. The molecule has 4 heteroatoms. The van der Waals surface area contributed by atoms with E-state index in [0.717, 1.165) is 15.4 Å². The first-order chi connectivity index (χ1) is 9.05. The number of halogens is 1. The molecule has 0 radical (unpaired) electrons. The van der Waals surface area contributed by atoms with E-state index in [-0.39, 0.29) is 5.91 Å². The Morgan fingerprint density at radius 1 is 1.05 bits per heavy atom. The van der Waals surface area contributed by atoms with Crippen LogP contribution in [0, 0.1) is 6.92 Å². The SMILES string of the molecule is Cc1ccc(S2(Cl)c3ccccc3C(=O)N2C)cc1. The summed E-state index contributed by atoms with van der Waals surface area (Å²) in [4.78, 5) is 14.3. The Balaban J connectivity index is 2.23. The van der Waals surface area contributed by atoms with Gasteiger partial charge in [0.05, 0.1) is 5.56 Å². The summed E-state index contributed by atoms with van der Waals surface area (Å²) in [7, 11) is 6.76. The maximum Gasteiger partial charge on any atom is 0.264 e. The molecule has 19 heavy (non-hydrogen) atoms. The molecular formula is C15H14ClNOS. The summed E-state index contributed by atoms with van der Waals surface area (Å²) in [5.74, 6) is 0.00109. The number of amides is 1. The van der Waals surface area contributed by atoms with Crippen LogP contribution in [0.2, 0.25) is 0 Å². The van der Waals surface area contributed by atoms with E-state index in [1.807, 2.05) is 55.5 Å². The largest absolute Gasteiger partial charge is 0.284 e. The summed E-state index contributed by atoms with van der Waals surface area (Å²) in [5.41, 5.74) is 1.90. The first-order valence-corrected chi connectivity index (χ1v) is 8.43. The Hall–Kier alpha value is -1.45. The molecule has 98 valence electrons. The summed E-state index contributed by atoms with van der Waals surface area (Å²) >= 11 is 0. The normalized spacial score (nSPS) is 25.0. The molecule has 3 rings (SSSR count). The van der Waals surface area contributed by atoms with Crippen LogP contribution >= 0.6 is 20.1 Å². The number of hydrogen-bond acceptors (Lipinski definition) is 1. The van der Waals surface area contributed by atoms with Gasteiger partial charge < -0.3 is 0 Å². The third-order valence-corrected chi connectivity index (χ3v) is 7.82. The van der Waals surface area contributed by atoms with E-state index in [0.29, 0.717) is 0 Å². The van der Waals surface area contributed by atoms with Gasteiger partial charge in [-0.3, -0.25) is 9.10 Å². The van der Waals surface area contributed by atoms with E-state index >= 15 is 0 Å². The molecule has 2 nitrogen and oxygen atoms in total. The van der Waals surface area contributed by atoms with Crippen LogP contribution in [0.5, 0.6) is 0 Å². The number of aryl methyl sites for hydroxylation is 1. The Labute approximate surface area is 119 Å². The molecule has 1 amide bonds. The van der Waals surface area contributed by atoms with Gasteiger partial charge in [-0.1, -0.05) is 29.8 Å². The predicted molar refractivity (Wildman–Crippen MR) is 79.7 cm³/mol. The highest BCUT2D eigenvalue weighted by Gasteiger charge is 2.43. The van der Waals surface area contributed by atoms with Crippen molar-refractivity contribution in [3.05, 3.63) is 59.7 Å². The lowest BCUT2D eigenvalue weighted by Crippen LogP contribution is -2.20. The van der Waals surface area contributed by atoms with Gasteiger partial charge in [-0.05, 0) is 51.3 Å². The molecule has 1 aliphatic rings. The van der Waals surface area contributed by atoms with E-state index in [4.69, 9.17) is 10.7 Å². The quantitative estimate of drug-likeness (QED) is 0.764. The minimum Gasteiger partial charge on any atom is -0.284 e.